The van der Waals surface area contributed by atoms with Gasteiger partial charge >= 0.3 is 5.82 Å². The maximum atomic E-state index is 10.6. The number of hydrogen-bond acceptors (Lipinski definition) is 4. The van der Waals surface area contributed by atoms with E-state index in [-0.39, 0.29) is 12.4 Å². The fourth-order valence-electron chi connectivity index (χ4n) is 1.75. The van der Waals surface area contributed by atoms with Crippen molar-refractivity contribution in [3.63, 3.8) is 0 Å². The van der Waals surface area contributed by atoms with Gasteiger partial charge in [-0.2, -0.15) is 4.68 Å². The van der Waals surface area contributed by atoms with Gasteiger partial charge in [0, 0.05) is 4.47 Å². The summed E-state index contributed by atoms with van der Waals surface area (Å²) >= 11 is 3.33. The van der Waals surface area contributed by atoms with E-state index in [0.29, 0.717) is 5.69 Å². The molecule has 2 rings (SSSR count). The summed E-state index contributed by atoms with van der Waals surface area (Å²) in [6, 6.07) is 8.66. The molecule has 0 aliphatic carbocycles. The highest BCUT2D eigenvalue weighted by Crippen LogP contribution is 2.21. The molecule has 0 bridgehead atoms. The second-order valence-corrected chi connectivity index (χ2v) is 5.07. The van der Waals surface area contributed by atoms with Gasteiger partial charge in [-0.1, -0.05) is 28.1 Å². The van der Waals surface area contributed by atoms with E-state index in [0.717, 1.165) is 10.0 Å². The maximum absolute atomic E-state index is 10.6. The van der Waals surface area contributed by atoms with Crippen LogP contribution in [0.5, 0.6) is 0 Å². The summed E-state index contributed by atoms with van der Waals surface area (Å²) in [4.78, 5) is 10.1. The summed E-state index contributed by atoms with van der Waals surface area (Å²) in [6.45, 7) is 1.89. The Morgan fingerprint density at radius 3 is 2.84 bits per heavy atom. The lowest BCUT2D eigenvalue weighted by atomic mass is 10.1. The van der Waals surface area contributed by atoms with E-state index >= 15 is 0 Å². The van der Waals surface area contributed by atoms with Gasteiger partial charge in [-0.25, -0.2) is 0 Å². The molecule has 19 heavy (non-hydrogen) atoms. The Morgan fingerprint density at radius 2 is 2.26 bits per heavy atom. The van der Waals surface area contributed by atoms with Gasteiger partial charge in [0.15, 0.2) is 0 Å². The summed E-state index contributed by atoms with van der Waals surface area (Å²) in [7, 11) is 0. The number of nitro groups is 1. The third-order valence-corrected chi connectivity index (χ3v) is 3.23. The van der Waals surface area contributed by atoms with Crippen molar-refractivity contribution >= 4 is 21.7 Å². The van der Waals surface area contributed by atoms with Gasteiger partial charge in [-0.15, -0.1) is 0 Å². The second kappa shape index (κ2) is 5.50. The number of benzene rings is 1. The fraction of sp³-hybridized carbons (Fsp3) is 0.250. The average Bonchev–Trinajstić information content (AvgIpc) is 2.71. The van der Waals surface area contributed by atoms with Crippen LogP contribution in [0.15, 0.2) is 34.8 Å². The van der Waals surface area contributed by atoms with Crippen LogP contribution in [0.1, 0.15) is 17.4 Å². The lowest BCUT2D eigenvalue weighted by Crippen LogP contribution is -2.11. The Morgan fingerprint density at radius 1 is 1.53 bits per heavy atom. The molecule has 1 heterocycles. The van der Waals surface area contributed by atoms with Crippen molar-refractivity contribution < 1.29 is 10.0 Å². The third-order valence-electron chi connectivity index (χ3n) is 2.73. The molecular formula is C12H12BrN3O3. The van der Waals surface area contributed by atoms with Crippen molar-refractivity contribution in [1.29, 1.82) is 0 Å². The van der Waals surface area contributed by atoms with Crippen LogP contribution in [0.25, 0.3) is 0 Å². The van der Waals surface area contributed by atoms with Crippen LogP contribution in [-0.2, 0) is 6.54 Å². The molecule has 1 aromatic heterocycles. The molecule has 0 unspecified atom stereocenters. The first-order valence-electron chi connectivity index (χ1n) is 5.60. The van der Waals surface area contributed by atoms with Crippen molar-refractivity contribution in [1.82, 2.24) is 9.78 Å². The van der Waals surface area contributed by atoms with Crippen LogP contribution in [0, 0.1) is 17.0 Å². The average molecular weight is 326 g/mol. The van der Waals surface area contributed by atoms with Gasteiger partial charge in [-0.3, -0.25) is 0 Å². The number of hydrogen-bond donors (Lipinski definition) is 1. The Hall–Kier alpha value is -1.73. The molecular weight excluding hydrogens is 314 g/mol. The first kappa shape index (κ1) is 13.7. The summed E-state index contributed by atoms with van der Waals surface area (Å²) in [5.74, 6) is -0.209. The molecule has 0 spiro atoms. The number of aliphatic hydroxyl groups is 1. The van der Waals surface area contributed by atoms with Crippen LogP contribution in [0.4, 0.5) is 5.82 Å². The van der Waals surface area contributed by atoms with Crippen molar-refractivity contribution in [3.05, 3.63) is 56.2 Å². The summed E-state index contributed by atoms with van der Waals surface area (Å²) in [5.41, 5.74) is 1.37. The normalized spacial score (nSPS) is 12.4. The lowest BCUT2D eigenvalue weighted by Gasteiger charge is -2.10. The number of rotatable bonds is 4. The van der Waals surface area contributed by atoms with Crippen LogP contribution >= 0.6 is 15.9 Å². The molecule has 7 heteroatoms. The molecule has 1 atom stereocenters. The van der Waals surface area contributed by atoms with E-state index in [1.54, 1.807) is 19.1 Å². The second-order valence-electron chi connectivity index (χ2n) is 4.15. The van der Waals surface area contributed by atoms with E-state index in [9.17, 15) is 15.2 Å². The summed E-state index contributed by atoms with van der Waals surface area (Å²) in [6.07, 6.45) is -0.768. The van der Waals surface area contributed by atoms with Crippen LogP contribution < -0.4 is 0 Å². The van der Waals surface area contributed by atoms with Gasteiger partial charge in [-0.05, 0) is 29.5 Å². The van der Waals surface area contributed by atoms with Gasteiger partial charge in [0.25, 0.3) is 0 Å². The molecule has 6 nitrogen and oxygen atoms in total. The predicted molar refractivity (Wildman–Crippen MR) is 72.7 cm³/mol. The predicted octanol–water partition coefficient (Wildman–Crippen LogP) is 2.60. The minimum atomic E-state index is -0.768. The molecule has 0 saturated carbocycles. The number of halogens is 1. The van der Waals surface area contributed by atoms with E-state index < -0.39 is 11.0 Å². The zero-order chi connectivity index (χ0) is 14.0. The van der Waals surface area contributed by atoms with Gasteiger partial charge in [0.05, 0.1) is 23.4 Å². The molecule has 2 aromatic rings. The Bertz CT molecular complexity index is 612. The molecule has 1 N–H and O–H groups in total. The minimum absolute atomic E-state index is 0.177. The summed E-state index contributed by atoms with van der Waals surface area (Å²) in [5, 5.41) is 24.6. The standard InChI is InChI=1S/C12H12BrN3O3/c1-8-5-12(16(18)19)14-15(8)7-11(17)9-3-2-4-10(13)6-9/h2-6,11,17H,7H2,1H3/t11-/m1/s1. The molecule has 0 saturated heterocycles. The number of aryl methyl sites for hydroxylation is 1. The highest BCUT2D eigenvalue weighted by molar-refractivity contribution is 9.10. The van der Waals surface area contributed by atoms with Gasteiger partial charge < -0.3 is 15.2 Å². The minimum Gasteiger partial charge on any atom is -0.386 e. The SMILES string of the molecule is Cc1cc([N+](=O)[O-])nn1C[C@@H](O)c1cccc(Br)c1. The third kappa shape index (κ3) is 3.18. The highest BCUT2D eigenvalue weighted by Gasteiger charge is 2.18. The molecule has 1 aromatic carbocycles. The molecule has 0 aliphatic heterocycles. The van der Waals surface area contributed by atoms with E-state index in [1.165, 1.54) is 10.7 Å². The first-order valence-corrected chi connectivity index (χ1v) is 6.39. The highest BCUT2D eigenvalue weighted by atomic mass is 79.9. The largest absolute Gasteiger partial charge is 0.390 e. The molecule has 0 amide bonds. The zero-order valence-electron chi connectivity index (χ0n) is 10.2. The number of nitrogens with zero attached hydrogens (tertiary/aromatic N) is 3. The Kier molecular flexibility index (Phi) is 3.96. The Labute approximate surface area is 118 Å². The van der Waals surface area contributed by atoms with Crippen molar-refractivity contribution in [2.75, 3.05) is 0 Å². The van der Waals surface area contributed by atoms with E-state index in [1.807, 2.05) is 12.1 Å². The van der Waals surface area contributed by atoms with E-state index in [4.69, 9.17) is 0 Å². The smallest absolute Gasteiger partial charge is 0.386 e. The molecule has 100 valence electrons. The van der Waals surface area contributed by atoms with Crippen molar-refractivity contribution in [2.24, 2.45) is 0 Å². The molecule has 0 aliphatic rings. The lowest BCUT2D eigenvalue weighted by molar-refractivity contribution is -0.389. The fourth-order valence-corrected chi connectivity index (χ4v) is 2.17. The van der Waals surface area contributed by atoms with Crippen molar-refractivity contribution in [3.8, 4) is 0 Å². The quantitative estimate of drug-likeness (QED) is 0.692. The van der Waals surface area contributed by atoms with E-state index in [2.05, 4.69) is 21.0 Å². The van der Waals surface area contributed by atoms with Crippen LogP contribution in [0.2, 0.25) is 0 Å². The van der Waals surface area contributed by atoms with Crippen molar-refractivity contribution in [2.45, 2.75) is 19.6 Å². The van der Waals surface area contributed by atoms with Gasteiger partial charge in [0.1, 0.15) is 6.10 Å². The molecule has 0 radical (unpaired) electrons. The number of aliphatic hydroxyl groups excluding tert-OH is 1. The van der Waals surface area contributed by atoms with Crippen LogP contribution in [0.3, 0.4) is 0 Å². The summed E-state index contributed by atoms with van der Waals surface area (Å²) < 4.78 is 2.30. The van der Waals surface area contributed by atoms with Crippen LogP contribution in [-0.4, -0.2) is 19.8 Å². The zero-order valence-corrected chi connectivity index (χ0v) is 11.7. The monoisotopic (exact) mass is 325 g/mol. The maximum Gasteiger partial charge on any atom is 0.390 e. The first-order chi connectivity index (χ1) is 8.97. The Balaban J connectivity index is 2.19. The van der Waals surface area contributed by atoms with Gasteiger partial charge in [0.2, 0.25) is 0 Å². The number of aromatic nitrogens is 2. The molecule has 0 fully saturated rings. The topological polar surface area (TPSA) is 81.2 Å².